The van der Waals surface area contributed by atoms with Crippen molar-refractivity contribution in [1.29, 1.82) is 5.26 Å². The summed E-state index contributed by atoms with van der Waals surface area (Å²) in [4.78, 5) is 18.0. The number of Topliss-reactive ketones (excluding diaryl/α,β-unsaturated/α-hetero) is 1. The number of benzene rings is 3. The molecule has 0 saturated carbocycles. The zero-order valence-corrected chi connectivity index (χ0v) is 18.6. The molecule has 1 heterocycles. The molecule has 1 saturated heterocycles. The van der Waals surface area contributed by atoms with Gasteiger partial charge in [-0.05, 0) is 17.2 Å². The van der Waals surface area contributed by atoms with Crippen molar-refractivity contribution in [3.63, 3.8) is 0 Å². The fourth-order valence-electron chi connectivity index (χ4n) is 4.09. The molecule has 164 valence electrons. The monoisotopic (exact) mass is 433 g/mol. The Morgan fingerprint density at radius 3 is 1.91 bits per heavy atom. The number of piperazine rings is 1. The van der Waals surface area contributed by atoms with Gasteiger partial charge in [0.25, 0.3) is 0 Å². The lowest BCUT2D eigenvalue weighted by Gasteiger charge is -2.36. The highest BCUT2D eigenvalue weighted by Crippen LogP contribution is 2.24. The number of hydrogen-bond acceptors (Lipinski definition) is 4. The van der Waals surface area contributed by atoms with Crippen molar-refractivity contribution >= 4 is 11.4 Å². The number of ketones is 1. The lowest BCUT2D eigenvalue weighted by atomic mass is 9.95. The predicted octanol–water partition coefficient (Wildman–Crippen LogP) is 5.18. The smallest absolute Gasteiger partial charge is 0.193 e. The van der Waals surface area contributed by atoms with Crippen LogP contribution in [-0.4, -0.2) is 41.8 Å². The van der Waals surface area contributed by atoms with Gasteiger partial charge in [0, 0.05) is 55.6 Å². The molecule has 0 atom stereocenters. The summed E-state index contributed by atoms with van der Waals surface area (Å²) in [6, 6.07) is 31.6. The van der Waals surface area contributed by atoms with Crippen LogP contribution in [0.5, 0.6) is 0 Å². The normalized spacial score (nSPS) is 15.2. The van der Waals surface area contributed by atoms with Crippen molar-refractivity contribution in [3.05, 3.63) is 126 Å². The highest BCUT2D eigenvalue weighted by molar-refractivity contribution is 6.29. The van der Waals surface area contributed by atoms with Crippen LogP contribution in [0, 0.1) is 11.3 Å². The van der Waals surface area contributed by atoms with Gasteiger partial charge >= 0.3 is 0 Å². The van der Waals surface area contributed by atoms with Crippen LogP contribution in [0.25, 0.3) is 5.57 Å². The molecule has 0 unspecified atom stereocenters. The molecule has 4 rings (SSSR count). The third kappa shape index (κ3) is 5.85. The van der Waals surface area contributed by atoms with Gasteiger partial charge in [0.05, 0.1) is 6.07 Å². The third-order valence-electron chi connectivity index (χ3n) is 5.86. The average Bonchev–Trinajstić information content (AvgIpc) is 2.88. The van der Waals surface area contributed by atoms with E-state index in [1.54, 1.807) is 6.08 Å². The van der Waals surface area contributed by atoms with Gasteiger partial charge in [-0.3, -0.25) is 9.69 Å². The van der Waals surface area contributed by atoms with Crippen LogP contribution in [0.2, 0.25) is 0 Å². The molecule has 0 bridgehead atoms. The van der Waals surface area contributed by atoms with Crippen LogP contribution in [-0.2, 0) is 6.54 Å². The lowest BCUT2D eigenvalue weighted by Crippen LogP contribution is -2.45. The van der Waals surface area contributed by atoms with E-state index in [4.69, 9.17) is 0 Å². The largest absolute Gasteiger partial charge is 0.368 e. The van der Waals surface area contributed by atoms with Crippen molar-refractivity contribution in [2.75, 3.05) is 26.2 Å². The predicted molar refractivity (Wildman–Crippen MR) is 132 cm³/mol. The Balaban J connectivity index is 1.56. The summed E-state index contributed by atoms with van der Waals surface area (Å²) in [6.07, 6.45) is 3.43. The van der Waals surface area contributed by atoms with E-state index in [-0.39, 0.29) is 5.78 Å². The molecule has 1 aliphatic heterocycles. The number of rotatable bonds is 7. The van der Waals surface area contributed by atoms with Crippen LogP contribution >= 0.6 is 0 Å². The van der Waals surface area contributed by atoms with Crippen LogP contribution < -0.4 is 0 Å². The zero-order chi connectivity index (χ0) is 22.9. The number of nitriles is 1. The van der Waals surface area contributed by atoms with Crippen LogP contribution in [0.15, 0.2) is 109 Å². The number of nitrogens with zero attached hydrogens (tertiary/aromatic N) is 3. The van der Waals surface area contributed by atoms with E-state index in [1.165, 1.54) is 5.56 Å². The van der Waals surface area contributed by atoms with Crippen molar-refractivity contribution < 1.29 is 4.79 Å². The summed E-state index contributed by atoms with van der Waals surface area (Å²) in [5.74, 6) is -0.0478. The molecular formula is C29H27N3O. The Bertz CT molecular complexity index is 1150. The summed E-state index contributed by atoms with van der Waals surface area (Å²) in [5.41, 5.74) is 4.16. The summed E-state index contributed by atoms with van der Waals surface area (Å²) in [5, 5.41) is 9.48. The molecular weight excluding hydrogens is 406 g/mol. The average molecular weight is 434 g/mol. The Morgan fingerprint density at radius 2 is 1.33 bits per heavy atom. The van der Waals surface area contributed by atoms with Gasteiger partial charge in [0.1, 0.15) is 0 Å². The maximum absolute atomic E-state index is 13.4. The topological polar surface area (TPSA) is 47.3 Å². The van der Waals surface area contributed by atoms with Crippen LogP contribution in [0.3, 0.4) is 0 Å². The zero-order valence-electron chi connectivity index (χ0n) is 18.6. The molecule has 0 aliphatic carbocycles. The molecule has 0 N–H and O–H groups in total. The maximum Gasteiger partial charge on any atom is 0.193 e. The molecule has 0 amide bonds. The maximum atomic E-state index is 13.4. The van der Waals surface area contributed by atoms with Gasteiger partial charge in [0.2, 0.25) is 0 Å². The highest BCUT2D eigenvalue weighted by atomic mass is 16.1. The molecule has 4 heteroatoms. The molecule has 33 heavy (non-hydrogen) atoms. The van der Waals surface area contributed by atoms with Crippen molar-refractivity contribution in [1.82, 2.24) is 9.80 Å². The van der Waals surface area contributed by atoms with Gasteiger partial charge in [0.15, 0.2) is 5.78 Å². The van der Waals surface area contributed by atoms with E-state index in [1.807, 2.05) is 72.8 Å². The summed E-state index contributed by atoms with van der Waals surface area (Å²) < 4.78 is 0. The standard InChI is InChI=1S/C29H27N3O/c30-17-16-27(32-20-18-31(19-21-32)23-24-10-4-1-5-11-24)22-28(25-12-6-2-7-13-25)29(33)26-14-8-3-9-15-26/h1-16,22H,18-21,23H2/b27-16+,28-22+. The minimum Gasteiger partial charge on any atom is -0.368 e. The van der Waals surface area contributed by atoms with Crippen molar-refractivity contribution in [2.45, 2.75) is 6.54 Å². The first-order chi connectivity index (χ1) is 16.2. The fraction of sp³-hybridized carbons (Fsp3) is 0.172. The van der Waals surface area contributed by atoms with E-state index >= 15 is 0 Å². The van der Waals surface area contributed by atoms with E-state index in [0.717, 1.165) is 44.0 Å². The molecule has 3 aromatic carbocycles. The second-order valence-corrected chi connectivity index (χ2v) is 8.07. The minimum atomic E-state index is -0.0478. The molecule has 4 nitrogen and oxygen atoms in total. The van der Waals surface area contributed by atoms with Gasteiger partial charge in [-0.25, -0.2) is 0 Å². The van der Waals surface area contributed by atoms with Gasteiger partial charge in [-0.1, -0.05) is 91.0 Å². The second kappa shape index (κ2) is 11.1. The number of carbonyl (C=O) groups is 1. The molecule has 0 spiro atoms. The van der Waals surface area contributed by atoms with E-state index in [2.05, 4.69) is 40.1 Å². The minimum absolute atomic E-state index is 0.0478. The first kappa shape index (κ1) is 22.3. The molecule has 0 aromatic heterocycles. The van der Waals surface area contributed by atoms with Crippen LogP contribution in [0.1, 0.15) is 21.5 Å². The Labute approximate surface area is 195 Å². The Hall–Kier alpha value is -3.94. The summed E-state index contributed by atoms with van der Waals surface area (Å²) in [7, 11) is 0. The molecule has 3 aromatic rings. The molecule has 1 fully saturated rings. The quantitative estimate of drug-likeness (QED) is 0.223. The second-order valence-electron chi connectivity index (χ2n) is 8.07. The molecule has 0 radical (unpaired) electrons. The van der Waals surface area contributed by atoms with E-state index in [9.17, 15) is 10.1 Å². The summed E-state index contributed by atoms with van der Waals surface area (Å²) >= 11 is 0. The number of allylic oxidation sites excluding steroid dienone is 3. The third-order valence-corrected chi connectivity index (χ3v) is 5.86. The Kier molecular flexibility index (Phi) is 7.48. The van der Waals surface area contributed by atoms with Gasteiger partial charge < -0.3 is 4.90 Å². The first-order valence-corrected chi connectivity index (χ1v) is 11.2. The van der Waals surface area contributed by atoms with Crippen molar-refractivity contribution in [3.8, 4) is 6.07 Å². The lowest BCUT2D eigenvalue weighted by molar-refractivity contribution is 0.105. The SMILES string of the molecule is N#C/C=C(\C=C(\C(=O)c1ccccc1)c1ccccc1)N1CCN(Cc2ccccc2)CC1. The molecule has 1 aliphatic rings. The number of carbonyl (C=O) groups excluding carboxylic acids is 1. The Morgan fingerprint density at radius 1 is 0.788 bits per heavy atom. The fourth-order valence-corrected chi connectivity index (χ4v) is 4.09. The van der Waals surface area contributed by atoms with E-state index in [0.29, 0.717) is 11.1 Å². The highest BCUT2D eigenvalue weighted by Gasteiger charge is 2.21. The number of hydrogen-bond donors (Lipinski definition) is 0. The van der Waals surface area contributed by atoms with Crippen molar-refractivity contribution in [2.24, 2.45) is 0 Å². The summed E-state index contributed by atoms with van der Waals surface area (Å²) in [6.45, 7) is 4.33. The van der Waals surface area contributed by atoms with E-state index < -0.39 is 0 Å². The first-order valence-electron chi connectivity index (χ1n) is 11.2. The van der Waals surface area contributed by atoms with Gasteiger partial charge in [-0.15, -0.1) is 0 Å². The van der Waals surface area contributed by atoms with Crippen LogP contribution in [0.4, 0.5) is 0 Å². The van der Waals surface area contributed by atoms with Gasteiger partial charge in [-0.2, -0.15) is 5.26 Å².